The number of hydrogen-bond donors (Lipinski definition) is 3. The van der Waals surface area contributed by atoms with Gasteiger partial charge >= 0.3 is 0 Å². The summed E-state index contributed by atoms with van der Waals surface area (Å²) in [6.07, 6.45) is 5.30. The zero-order valence-electron chi connectivity index (χ0n) is 13.7. The molecule has 4 nitrogen and oxygen atoms in total. The second kappa shape index (κ2) is 8.96. The summed E-state index contributed by atoms with van der Waals surface area (Å²) in [6.45, 7) is 5.85. The summed E-state index contributed by atoms with van der Waals surface area (Å²) in [4.78, 5) is 1.75. The highest BCUT2D eigenvalue weighted by Gasteiger charge is 2.20. The van der Waals surface area contributed by atoms with Gasteiger partial charge in [-0.3, -0.25) is 0 Å². The third kappa shape index (κ3) is 5.46. The Hall–Kier alpha value is -1.33. The first-order valence-corrected chi connectivity index (χ1v) is 8.63. The van der Waals surface area contributed by atoms with Crippen LogP contribution in [-0.4, -0.2) is 37.9 Å². The molecule has 1 aromatic rings. The summed E-state index contributed by atoms with van der Waals surface area (Å²) in [5, 5.41) is 7.16. The normalized spacial score (nSPS) is 21.2. The average Bonchev–Trinajstić information content (AvgIpc) is 2.53. The van der Waals surface area contributed by atoms with Gasteiger partial charge in [-0.15, -0.1) is 0 Å². The first-order valence-electron chi connectivity index (χ1n) is 8.22. The number of hydrogen-bond acceptors (Lipinski definition) is 2. The van der Waals surface area contributed by atoms with Gasteiger partial charge in [-0.1, -0.05) is 6.07 Å². The van der Waals surface area contributed by atoms with E-state index in [-0.39, 0.29) is 0 Å². The number of piperidine rings is 1. The van der Waals surface area contributed by atoms with Crippen molar-refractivity contribution in [2.45, 2.75) is 38.6 Å². The molecule has 1 unspecified atom stereocenters. The first kappa shape index (κ1) is 17.0. The monoisotopic (exact) mass is 322 g/mol. The maximum absolute atomic E-state index is 5.34. The lowest BCUT2D eigenvalue weighted by Crippen LogP contribution is -3.16. The van der Waals surface area contributed by atoms with Gasteiger partial charge in [0.1, 0.15) is 5.75 Å². The quantitative estimate of drug-likeness (QED) is 0.552. The molecule has 0 amide bonds. The van der Waals surface area contributed by atoms with Crippen molar-refractivity contribution in [3.63, 3.8) is 0 Å². The van der Waals surface area contributed by atoms with Crippen molar-refractivity contribution in [2.24, 2.45) is 0 Å². The van der Waals surface area contributed by atoms with Crippen LogP contribution in [0, 0.1) is 0 Å². The number of ether oxygens (including phenoxy) is 1. The molecular formula is C17H28N3OS+. The third-order valence-electron chi connectivity index (χ3n) is 4.37. The molecule has 1 aliphatic heterocycles. The van der Waals surface area contributed by atoms with E-state index in [1.54, 1.807) is 12.0 Å². The van der Waals surface area contributed by atoms with Crippen LogP contribution in [0.1, 0.15) is 32.6 Å². The van der Waals surface area contributed by atoms with E-state index >= 15 is 0 Å². The fraction of sp³-hybridized carbons (Fsp3) is 0.588. The van der Waals surface area contributed by atoms with Crippen molar-refractivity contribution in [1.29, 1.82) is 0 Å². The largest absolute Gasteiger partial charge is 0.497 e. The molecule has 0 aliphatic carbocycles. The summed E-state index contributed by atoms with van der Waals surface area (Å²) in [5.41, 5.74) is 0.951. The Bertz CT molecular complexity index is 481. The van der Waals surface area contributed by atoms with Crippen LogP contribution in [0.3, 0.4) is 0 Å². The van der Waals surface area contributed by atoms with Gasteiger partial charge in [0, 0.05) is 24.7 Å². The molecule has 3 N–H and O–H groups in total. The lowest BCUT2D eigenvalue weighted by Gasteiger charge is -2.30. The molecule has 122 valence electrons. The van der Waals surface area contributed by atoms with Gasteiger partial charge in [-0.2, -0.15) is 0 Å². The van der Waals surface area contributed by atoms with Crippen LogP contribution in [0.4, 0.5) is 5.69 Å². The van der Waals surface area contributed by atoms with Crippen LogP contribution < -0.4 is 20.3 Å². The predicted molar refractivity (Wildman–Crippen MR) is 95.8 cm³/mol. The van der Waals surface area contributed by atoms with E-state index in [2.05, 4.69) is 17.6 Å². The van der Waals surface area contributed by atoms with E-state index in [0.29, 0.717) is 5.11 Å². The zero-order valence-corrected chi connectivity index (χ0v) is 14.5. The van der Waals surface area contributed by atoms with Crippen LogP contribution in [-0.2, 0) is 0 Å². The molecule has 1 aliphatic rings. The molecule has 1 fully saturated rings. The highest BCUT2D eigenvalue weighted by molar-refractivity contribution is 7.80. The molecule has 0 aromatic heterocycles. The fourth-order valence-corrected chi connectivity index (χ4v) is 3.24. The van der Waals surface area contributed by atoms with Crippen molar-refractivity contribution < 1.29 is 9.64 Å². The predicted octanol–water partition coefficient (Wildman–Crippen LogP) is 1.83. The highest BCUT2D eigenvalue weighted by atomic mass is 32.1. The van der Waals surface area contributed by atoms with Crippen LogP contribution in [0.5, 0.6) is 5.75 Å². The van der Waals surface area contributed by atoms with E-state index in [9.17, 15) is 0 Å². The van der Waals surface area contributed by atoms with Crippen molar-refractivity contribution in [1.82, 2.24) is 5.32 Å². The number of anilines is 1. The summed E-state index contributed by atoms with van der Waals surface area (Å²) in [5.74, 6) is 0.829. The zero-order chi connectivity index (χ0) is 15.8. The minimum Gasteiger partial charge on any atom is -0.497 e. The number of rotatable bonds is 6. The van der Waals surface area contributed by atoms with Crippen molar-refractivity contribution in [3.05, 3.63) is 24.3 Å². The number of nitrogens with one attached hydrogen (secondary N) is 3. The minimum absolute atomic E-state index is 0.676. The molecular weight excluding hydrogens is 294 g/mol. The van der Waals surface area contributed by atoms with Gasteiger partial charge < -0.3 is 20.3 Å². The molecule has 0 spiro atoms. The van der Waals surface area contributed by atoms with Gasteiger partial charge in [-0.05, 0) is 50.5 Å². The van der Waals surface area contributed by atoms with Gasteiger partial charge in [-0.25, -0.2) is 0 Å². The molecule has 5 heteroatoms. The Morgan fingerprint density at radius 3 is 3.05 bits per heavy atom. The molecule has 22 heavy (non-hydrogen) atoms. The fourth-order valence-electron chi connectivity index (χ4n) is 3.02. The summed E-state index contributed by atoms with van der Waals surface area (Å²) < 4.78 is 5.21. The molecule has 1 aromatic carbocycles. The maximum atomic E-state index is 5.34. The molecule has 0 radical (unpaired) electrons. The molecule has 1 saturated heterocycles. The minimum atomic E-state index is 0.676. The van der Waals surface area contributed by atoms with E-state index in [4.69, 9.17) is 17.0 Å². The summed E-state index contributed by atoms with van der Waals surface area (Å²) in [7, 11) is 1.67. The lowest BCUT2D eigenvalue weighted by molar-refractivity contribution is -0.928. The molecule has 1 heterocycles. The topological polar surface area (TPSA) is 37.7 Å². The lowest BCUT2D eigenvalue weighted by atomic mass is 10.0. The summed E-state index contributed by atoms with van der Waals surface area (Å²) in [6, 6.07) is 8.61. The molecule has 0 saturated carbocycles. The van der Waals surface area contributed by atoms with Crippen molar-refractivity contribution >= 4 is 23.0 Å². The number of thiocarbonyl (C=S) groups is 1. The number of methoxy groups -OCH3 is 1. The number of benzene rings is 1. The highest BCUT2D eigenvalue weighted by Crippen LogP contribution is 2.16. The second-order valence-electron chi connectivity index (χ2n) is 6.02. The van der Waals surface area contributed by atoms with E-state index in [0.717, 1.165) is 30.4 Å². The van der Waals surface area contributed by atoms with E-state index in [1.165, 1.54) is 32.4 Å². The Labute approximate surface area is 139 Å². The van der Waals surface area contributed by atoms with E-state index in [1.807, 2.05) is 24.3 Å². The Morgan fingerprint density at radius 1 is 1.41 bits per heavy atom. The second-order valence-corrected chi connectivity index (χ2v) is 6.43. The molecule has 2 rings (SSSR count). The van der Waals surface area contributed by atoms with Gasteiger partial charge in [0.2, 0.25) is 0 Å². The van der Waals surface area contributed by atoms with Gasteiger partial charge in [0.05, 0.1) is 26.2 Å². The average molecular weight is 322 g/mol. The molecule has 0 bridgehead atoms. The Morgan fingerprint density at radius 2 is 2.27 bits per heavy atom. The van der Waals surface area contributed by atoms with Gasteiger partial charge in [0.25, 0.3) is 0 Å². The van der Waals surface area contributed by atoms with Crippen molar-refractivity contribution in [2.75, 3.05) is 32.1 Å². The van der Waals surface area contributed by atoms with Crippen LogP contribution >= 0.6 is 12.2 Å². The standard InChI is InChI=1S/C17H27N3OS/c1-14-7-3-4-11-20(14)12-6-10-18-17(22)19-15-8-5-9-16(13-15)21-2/h5,8-9,13-14H,3-4,6-7,10-12H2,1-2H3,(H2,18,19,22)/p+1/t14-/m1/s1. The molecule has 2 atom stereocenters. The van der Waals surface area contributed by atoms with Crippen molar-refractivity contribution in [3.8, 4) is 5.75 Å². The Balaban J connectivity index is 1.65. The Kier molecular flexibility index (Phi) is 6.93. The van der Waals surface area contributed by atoms with Crippen LogP contribution in [0.25, 0.3) is 0 Å². The van der Waals surface area contributed by atoms with E-state index < -0.39 is 0 Å². The summed E-state index contributed by atoms with van der Waals surface area (Å²) >= 11 is 5.34. The number of quaternary nitrogens is 1. The SMILES string of the molecule is COc1cccc(NC(=S)NCCC[NH+]2CCCC[C@H]2C)c1. The number of likely N-dealkylation sites (tertiary alicyclic amines) is 1. The third-order valence-corrected chi connectivity index (χ3v) is 4.62. The smallest absolute Gasteiger partial charge is 0.170 e. The maximum Gasteiger partial charge on any atom is 0.170 e. The van der Waals surface area contributed by atoms with Crippen LogP contribution in [0.2, 0.25) is 0 Å². The van der Waals surface area contributed by atoms with Gasteiger partial charge in [0.15, 0.2) is 5.11 Å². The van der Waals surface area contributed by atoms with Crippen LogP contribution in [0.15, 0.2) is 24.3 Å². The first-order chi connectivity index (χ1) is 10.7.